The van der Waals surface area contributed by atoms with E-state index in [1.54, 1.807) is 35.7 Å². The van der Waals surface area contributed by atoms with E-state index in [9.17, 15) is 4.79 Å². The molecule has 0 bridgehead atoms. The Kier molecular flexibility index (Phi) is 6.65. The number of ether oxygens (including phenoxy) is 1. The molecule has 0 atom stereocenters. The number of amides is 1. The topological polar surface area (TPSA) is 55.6 Å². The summed E-state index contributed by atoms with van der Waals surface area (Å²) in [6.07, 6.45) is 5.03. The Morgan fingerprint density at radius 1 is 0.968 bits per heavy atom. The van der Waals surface area contributed by atoms with E-state index in [2.05, 4.69) is 4.98 Å². The van der Waals surface area contributed by atoms with E-state index in [0.717, 1.165) is 16.7 Å². The largest absolute Gasteiger partial charge is 0.482 e. The van der Waals surface area contributed by atoms with E-state index in [0.29, 0.717) is 29.6 Å². The van der Waals surface area contributed by atoms with Gasteiger partial charge in [-0.1, -0.05) is 54.1 Å². The molecule has 4 rings (SSSR count). The Hall–Kier alpha value is -3.57. The monoisotopic (exact) mass is 432 g/mol. The summed E-state index contributed by atoms with van der Waals surface area (Å²) in [6, 6.07) is 22.9. The molecule has 0 spiro atoms. The average Bonchev–Trinajstić information content (AvgIpc) is 3.32. The van der Waals surface area contributed by atoms with Gasteiger partial charge in [-0.2, -0.15) is 0 Å². The highest BCUT2D eigenvalue weighted by Crippen LogP contribution is 2.30. The van der Waals surface area contributed by atoms with Gasteiger partial charge in [0.15, 0.2) is 6.61 Å². The van der Waals surface area contributed by atoms with Crippen LogP contribution in [0.4, 0.5) is 0 Å². The van der Waals surface area contributed by atoms with Crippen molar-refractivity contribution in [1.29, 1.82) is 0 Å². The van der Waals surface area contributed by atoms with Crippen LogP contribution in [0.15, 0.2) is 95.9 Å². The highest BCUT2D eigenvalue weighted by Gasteiger charge is 2.17. The first-order valence-electron chi connectivity index (χ1n) is 9.86. The van der Waals surface area contributed by atoms with Gasteiger partial charge in [-0.3, -0.25) is 9.78 Å². The Bertz CT molecular complexity index is 1120. The van der Waals surface area contributed by atoms with Gasteiger partial charge in [0.05, 0.1) is 17.8 Å². The quantitative estimate of drug-likeness (QED) is 0.363. The second-order valence-corrected chi connectivity index (χ2v) is 7.40. The molecule has 2 aromatic carbocycles. The maximum atomic E-state index is 12.9. The van der Waals surface area contributed by atoms with Crippen molar-refractivity contribution in [2.24, 2.45) is 0 Å². The smallest absolute Gasteiger partial charge is 0.261 e. The molecular weight excluding hydrogens is 412 g/mol. The molecule has 0 aliphatic carbocycles. The number of nitrogens with zero attached hydrogens (tertiary/aromatic N) is 2. The molecule has 2 heterocycles. The van der Waals surface area contributed by atoms with Gasteiger partial charge in [0, 0.05) is 18.9 Å². The van der Waals surface area contributed by atoms with Crippen LogP contribution in [0.5, 0.6) is 5.75 Å². The van der Waals surface area contributed by atoms with Crippen molar-refractivity contribution in [3.05, 3.63) is 108 Å². The predicted octanol–water partition coefficient (Wildman–Crippen LogP) is 5.60. The fraction of sp³-hybridized carbons (Fsp3) is 0.120. The Morgan fingerprint density at radius 2 is 1.84 bits per heavy atom. The average molecular weight is 433 g/mol. The first kappa shape index (κ1) is 20.7. The fourth-order valence-corrected chi connectivity index (χ4v) is 3.43. The van der Waals surface area contributed by atoms with E-state index in [-0.39, 0.29) is 12.5 Å². The number of pyridine rings is 1. The van der Waals surface area contributed by atoms with Crippen molar-refractivity contribution in [2.75, 3.05) is 6.61 Å². The molecule has 0 saturated carbocycles. The molecule has 0 N–H and O–H groups in total. The third-order valence-corrected chi connectivity index (χ3v) is 5.06. The number of benzene rings is 2. The van der Waals surface area contributed by atoms with Crippen LogP contribution in [0, 0.1) is 0 Å². The summed E-state index contributed by atoms with van der Waals surface area (Å²) in [6.45, 7) is 0.605. The van der Waals surface area contributed by atoms with Gasteiger partial charge in [-0.05, 0) is 47.0 Å². The lowest BCUT2D eigenvalue weighted by atomic mass is 10.1. The van der Waals surface area contributed by atoms with E-state index in [1.165, 1.54) is 0 Å². The minimum Gasteiger partial charge on any atom is -0.482 e. The summed E-state index contributed by atoms with van der Waals surface area (Å²) in [5.41, 5.74) is 2.97. The number of halogens is 1. The highest BCUT2D eigenvalue weighted by atomic mass is 35.5. The van der Waals surface area contributed by atoms with E-state index in [4.69, 9.17) is 20.8 Å². The summed E-state index contributed by atoms with van der Waals surface area (Å²) >= 11 is 6.41. The zero-order valence-electron chi connectivity index (χ0n) is 16.8. The van der Waals surface area contributed by atoms with E-state index < -0.39 is 0 Å². The van der Waals surface area contributed by atoms with Gasteiger partial charge in [0.25, 0.3) is 5.91 Å². The molecule has 0 aliphatic heterocycles. The van der Waals surface area contributed by atoms with Crippen LogP contribution in [0.3, 0.4) is 0 Å². The third-order valence-electron chi connectivity index (χ3n) is 4.77. The summed E-state index contributed by atoms with van der Waals surface area (Å²) < 4.78 is 11.2. The van der Waals surface area contributed by atoms with Crippen molar-refractivity contribution in [2.45, 2.75) is 13.1 Å². The van der Waals surface area contributed by atoms with Crippen LogP contribution in [0.1, 0.15) is 11.3 Å². The van der Waals surface area contributed by atoms with Crippen LogP contribution in [-0.2, 0) is 17.9 Å². The number of carbonyl (C=O) groups excluding carboxylic acids is 1. The fourth-order valence-electron chi connectivity index (χ4n) is 3.19. The van der Waals surface area contributed by atoms with Gasteiger partial charge in [0.2, 0.25) is 0 Å². The van der Waals surface area contributed by atoms with E-state index in [1.807, 2.05) is 60.7 Å². The molecule has 6 heteroatoms. The minimum absolute atomic E-state index is 0.134. The van der Waals surface area contributed by atoms with Gasteiger partial charge in [0.1, 0.15) is 11.5 Å². The Labute approximate surface area is 185 Å². The standard InChI is InChI=1S/C25H21ClN2O3/c26-23-14-21(20-7-2-1-3-8-20)10-11-24(23)31-18-25(29)28(17-22-9-5-13-30-22)16-19-6-4-12-27-15-19/h1-15H,16-18H2. The normalized spacial score (nSPS) is 10.6. The maximum absolute atomic E-state index is 12.9. The van der Waals surface area contributed by atoms with Crippen LogP contribution in [0.25, 0.3) is 11.1 Å². The lowest BCUT2D eigenvalue weighted by molar-refractivity contribution is -0.134. The van der Waals surface area contributed by atoms with Crippen molar-refractivity contribution in [1.82, 2.24) is 9.88 Å². The number of carbonyl (C=O) groups is 1. The maximum Gasteiger partial charge on any atom is 0.261 e. The zero-order chi connectivity index (χ0) is 21.5. The molecule has 0 aliphatic rings. The van der Waals surface area contributed by atoms with Crippen molar-refractivity contribution in [3.63, 3.8) is 0 Å². The summed E-state index contributed by atoms with van der Waals surface area (Å²) in [7, 11) is 0. The first-order chi connectivity index (χ1) is 15.2. The molecule has 2 aromatic heterocycles. The molecule has 0 saturated heterocycles. The number of hydrogen-bond donors (Lipinski definition) is 0. The summed E-state index contributed by atoms with van der Waals surface area (Å²) in [5, 5.41) is 0.457. The second kappa shape index (κ2) is 9.96. The lowest BCUT2D eigenvalue weighted by Crippen LogP contribution is -2.34. The number of rotatable bonds is 8. The number of hydrogen-bond acceptors (Lipinski definition) is 4. The van der Waals surface area contributed by atoms with Crippen LogP contribution in [0.2, 0.25) is 5.02 Å². The van der Waals surface area contributed by atoms with Gasteiger partial charge in [-0.15, -0.1) is 0 Å². The van der Waals surface area contributed by atoms with Crippen molar-refractivity contribution in [3.8, 4) is 16.9 Å². The van der Waals surface area contributed by atoms with E-state index >= 15 is 0 Å². The van der Waals surface area contributed by atoms with Gasteiger partial charge >= 0.3 is 0 Å². The Morgan fingerprint density at radius 3 is 2.55 bits per heavy atom. The second-order valence-electron chi connectivity index (χ2n) is 6.99. The molecule has 4 aromatic rings. The molecule has 0 unspecified atom stereocenters. The zero-order valence-corrected chi connectivity index (χ0v) is 17.5. The summed E-state index contributed by atoms with van der Waals surface area (Å²) in [5.74, 6) is 0.986. The molecule has 156 valence electrons. The number of furan rings is 1. The Balaban J connectivity index is 1.44. The van der Waals surface area contributed by atoms with Crippen LogP contribution >= 0.6 is 11.6 Å². The molecule has 31 heavy (non-hydrogen) atoms. The molecule has 5 nitrogen and oxygen atoms in total. The highest BCUT2D eigenvalue weighted by molar-refractivity contribution is 6.32. The lowest BCUT2D eigenvalue weighted by Gasteiger charge is -2.22. The molecule has 0 fully saturated rings. The predicted molar refractivity (Wildman–Crippen MR) is 120 cm³/mol. The SMILES string of the molecule is O=C(COc1ccc(-c2ccccc2)cc1Cl)N(Cc1cccnc1)Cc1ccco1. The van der Waals surface area contributed by atoms with Crippen molar-refractivity contribution >= 4 is 17.5 Å². The third kappa shape index (κ3) is 5.53. The molecule has 0 radical (unpaired) electrons. The van der Waals surface area contributed by atoms with Crippen molar-refractivity contribution < 1.29 is 13.9 Å². The van der Waals surface area contributed by atoms with Gasteiger partial charge in [-0.25, -0.2) is 0 Å². The first-order valence-corrected chi connectivity index (χ1v) is 10.2. The molecule has 1 amide bonds. The van der Waals surface area contributed by atoms with Gasteiger partial charge < -0.3 is 14.1 Å². The summed E-state index contributed by atoms with van der Waals surface area (Å²) in [4.78, 5) is 18.7. The van der Waals surface area contributed by atoms with Crippen LogP contribution < -0.4 is 4.74 Å². The minimum atomic E-state index is -0.177. The molecular formula is C25H21ClN2O3. The van der Waals surface area contributed by atoms with Crippen LogP contribution in [-0.4, -0.2) is 22.4 Å². The number of aromatic nitrogens is 1.